The first-order chi connectivity index (χ1) is 7.49. The van der Waals surface area contributed by atoms with Crippen molar-refractivity contribution in [2.75, 3.05) is 6.54 Å². The lowest BCUT2D eigenvalue weighted by Gasteiger charge is -2.14. The topological polar surface area (TPSA) is 32.3 Å². The molecule has 0 fully saturated rings. The summed E-state index contributed by atoms with van der Waals surface area (Å²) in [5.41, 5.74) is 3.81. The van der Waals surface area contributed by atoms with Crippen LogP contribution >= 0.6 is 0 Å². The Hall–Kier alpha value is -0.860. The van der Waals surface area contributed by atoms with E-state index in [-0.39, 0.29) is 6.10 Å². The highest BCUT2D eigenvalue weighted by molar-refractivity contribution is 5.30. The highest BCUT2D eigenvalue weighted by Gasteiger charge is 2.06. The molecule has 0 aliphatic heterocycles. The lowest BCUT2D eigenvalue weighted by atomic mass is 10.0. The first-order valence-electron chi connectivity index (χ1n) is 5.96. The van der Waals surface area contributed by atoms with Gasteiger partial charge in [0, 0.05) is 12.6 Å². The van der Waals surface area contributed by atoms with E-state index in [2.05, 4.69) is 51.2 Å². The quantitative estimate of drug-likeness (QED) is 0.799. The normalized spacial score (nSPS) is 13.1. The van der Waals surface area contributed by atoms with Gasteiger partial charge in [-0.3, -0.25) is 0 Å². The van der Waals surface area contributed by atoms with Crippen molar-refractivity contribution >= 4 is 0 Å². The van der Waals surface area contributed by atoms with Crippen LogP contribution in [0.2, 0.25) is 0 Å². The molecule has 2 nitrogen and oxygen atoms in total. The first kappa shape index (κ1) is 13.2. The lowest BCUT2D eigenvalue weighted by Crippen LogP contribution is -2.33. The van der Waals surface area contributed by atoms with E-state index in [1.165, 1.54) is 16.7 Å². The molecular formula is C14H23NO. The second kappa shape index (κ2) is 6.02. The third-order valence-electron chi connectivity index (χ3n) is 2.80. The van der Waals surface area contributed by atoms with Gasteiger partial charge in [-0.25, -0.2) is 0 Å². The third kappa shape index (κ3) is 4.33. The Balaban J connectivity index is 2.49. The molecule has 1 aromatic carbocycles. The van der Waals surface area contributed by atoms with E-state index in [9.17, 15) is 5.11 Å². The summed E-state index contributed by atoms with van der Waals surface area (Å²) in [7, 11) is 0. The van der Waals surface area contributed by atoms with Gasteiger partial charge in [-0.05, 0) is 37.0 Å². The van der Waals surface area contributed by atoms with Gasteiger partial charge in [0.25, 0.3) is 0 Å². The predicted molar refractivity (Wildman–Crippen MR) is 68.8 cm³/mol. The second-order valence-electron chi connectivity index (χ2n) is 4.84. The van der Waals surface area contributed by atoms with Crippen LogP contribution < -0.4 is 5.32 Å². The van der Waals surface area contributed by atoms with E-state index in [0.717, 1.165) is 6.42 Å². The number of hydrogen-bond acceptors (Lipinski definition) is 2. The Morgan fingerprint density at radius 2 is 1.88 bits per heavy atom. The van der Waals surface area contributed by atoms with Crippen molar-refractivity contribution in [1.82, 2.24) is 5.32 Å². The molecule has 1 aromatic rings. The molecule has 0 aliphatic carbocycles. The highest BCUT2D eigenvalue weighted by Crippen LogP contribution is 2.11. The smallest absolute Gasteiger partial charge is 0.0704 e. The van der Waals surface area contributed by atoms with Gasteiger partial charge in [-0.1, -0.05) is 32.0 Å². The maximum absolute atomic E-state index is 9.85. The number of rotatable bonds is 5. The zero-order valence-electron chi connectivity index (χ0n) is 10.7. The zero-order valence-corrected chi connectivity index (χ0v) is 10.7. The third-order valence-corrected chi connectivity index (χ3v) is 2.80. The highest BCUT2D eigenvalue weighted by atomic mass is 16.3. The molecule has 0 amide bonds. The zero-order chi connectivity index (χ0) is 12.1. The van der Waals surface area contributed by atoms with Gasteiger partial charge in [-0.15, -0.1) is 0 Å². The van der Waals surface area contributed by atoms with E-state index in [1.807, 2.05) is 0 Å². The van der Waals surface area contributed by atoms with Crippen LogP contribution in [0.15, 0.2) is 18.2 Å². The van der Waals surface area contributed by atoms with E-state index in [4.69, 9.17) is 0 Å². The molecule has 0 aliphatic rings. The van der Waals surface area contributed by atoms with E-state index < -0.39 is 0 Å². The number of hydrogen-bond donors (Lipinski definition) is 2. The van der Waals surface area contributed by atoms with Gasteiger partial charge < -0.3 is 10.4 Å². The molecule has 90 valence electrons. The van der Waals surface area contributed by atoms with Crippen LogP contribution in [0.1, 0.15) is 30.5 Å². The van der Waals surface area contributed by atoms with Gasteiger partial charge in [0.05, 0.1) is 6.10 Å². The summed E-state index contributed by atoms with van der Waals surface area (Å²) in [6, 6.07) is 6.80. The summed E-state index contributed by atoms with van der Waals surface area (Å²) in [6.45, 7) is 9.05. The number of benzene rings is 1. The Bertz CT molecular complexity index is 334. The van der Waals surface area contributed by atoms with Crippen LogP contribution in [0, 0.1) is 13.8 Å². The largest absolute Gasteiger partial charge is 0.391 e. The molecule has 1 unspecified atom stereocenters. The van der Waals surface area contributed by atoms with Crippen molar-refractivity contribution in [2.24, 2.45) is 0 Å². The molecule has 16 heavy (non-hydrogen) atoms. The molecule has 0 spiro atoms. The lowest BCUT2D eigenvalue weighted by molar-refractivity contribution is 0.169. The molecule has 2 heteroatoms. The van der Waals surface area contributed by atoms with Crippen LogP contribution in [0.5, 0.6) is 0 Å². The molecular weight excluding hydrogens is 198 g/mol. The standard InChI is InChI=1S/C14H23NO/c1-10(2)15-9-14(16)8-13-6-5-11(3)12(4)7-13/h5-7,10,14-16H,8-9H2,1-4H3. The molecule has 0 radical (unpaired) electrons. The van der Waals surface area contributed by atoms with E-state index >= 15 is 0 Å². The number of aliphatic hydroxyl groups is 1. The minimum atomic E-state index is -0.301. The van der Waals surface area contributed by atoms with Crippen LogP contribution in [-0.4, -0.2) is 23.8 Å². The summed E-state index contributed by atoms with van der Waals surface area (Å²) in [4.78, 5) is 0. The second-order valence-corrected chi connectivity index (χ2v) is 4.84. The van der Waals surface area contributed by atoms with Crippen LogP contribution in [-0.2, 0) is 6.42 Å². The molecule has 1 atom stereocenters. The van der Waals surface area contributed by atoms with Crippen molar-refractivity contribution in [3.8, 4) is 0 Å². The van der Waals surface area contributed by atoms with Gasteiger partial charge >= 0.3 is 0 Å². The first-order valence-corrected chi connectivity index (χ1v) is 5.96. The van der Waals surface area contributed by atoms with Crippen molar-refractivity contribution in [3.63, 3.8) is 0 Å². The summed E-state index contributed by atoms with van der Waals surface area (Å²) in [5, 5.41) is 13.1. The van der Waals surface area contributed by atoms with Gasteiger partial charge in [0.2, 0.25) is 0 Å². The molecule has 0 saturated carbocycles. The minimum Gasteiger partial charge on any atom is -0.391 e. The summed E-state index contributed by atoms with van der Waals surface area (Å²) in [6.07, 6.45) is 0.422. The fraction of sp³-hybridized carbons (Fsp3) is 0.571. The number of aryl methyl sites for hydroxylation is 2. The molecule has 0 heterocycles. The maximum Gasteiger partial charge on any atom is 0.0704 e. The van der Waals surface area contributed by atoms with Gasteiger partial charge in [0.1, 0.15) is 0 Å². The van der Waals surface area contributed by atoms with Crippen molar-refractivity contribution < 1.29 is 5.11 Å². The van der Waals surface area contributed by atoms with Crippen molar-refractivity contribution in [1.29, 1.82) is 0 Å². The van der Waals surface area contributed by atoms with Crippen LogP contribution in [0.25, 0.3) is 0 Å². The molecule has 0 aromatic heterocycles. The minimum absolute atomic E-state index is 0.301. The van der Waals surface area contributed by atoms with Crippen LogP contribution in [0.3, 0.4) is 0 Å². The number of aliphatic hydroxyl groups excluding tert-OH is 1. The van der Waals surface area contributed by atoms with Crippen LogP contribution in [0.4, 0.5) is 0 Å². The molecule has 2 N–H and O–H groups in total. The van der Waals surface area contributed by atoms with E-state index in [1.54, 1.807) is 0 Å². The van der Waals surface area contributed by atoms with E-state index in [0.29, 0.717) is 12.6 Å². The Morgan fingerprint density at radius 3 is 2.44 bits per heavy atom. The fourth-order valence-corrected chi connectivity index (χ4v) is 1.65. The maximum atomic E-state index is 9.85. The van der Waals surface area contributed by atoms with Crippen molar-refractivity contribution in [3.05, 3.63) is 34.9 Å². The average Bonchev–Trinajstić information content (AvgIpc) is 2.21. The molecule has 1 rings (SSSR count). The fourth-order valence-electron chi connectivity index (χ4n) is 1.65. The number of nitrogens with one attached hydrogen (secondary N) is 1. The Morgan fingerprint density at radius 1 is 1.19 bits per heavy atom. The molecule has 0 saturated heterocycles. The summed E-state index contributed by atoms with van der Waals surface area (Å²) in [5.74, 6) is 0. The monoisotopic (exact) mass is 221 g/mol. The van der Waals surface area contributed by atoms with Crippen molar-refractivity contribution in [2.45, 2.75) is 46.3 Å². The molecule has 0 bridgehead atoms. The summed E-state index contributed by atoms with van der Waals surface area (Å²) >= 11 is 0. The predicted octanol–water partition coefficient (Wildman–Crippen LogP) is 2.20. The van der Waals surface area contributed by atoms with Gasteiger partial charge in [-0.2, -0.15) is 0 Å². The Kier molecular flexibility index (Phi) is 4.97. The SMILES string of the molecule is Cc1ccc(CC(O)CNC(C)C)cc1C. The van der Waals surface area contributed by atoms with Gasteiger partial charge in [0.15, 0.2) is 0 Å². The Labute approximate surface area is 98.7 Å². The summed E-state index contributed by atoms with van der Waals surface area (Å²) < 4.78 is 0. The average molecular weight is 221 g/mol.